The van der Waals surface area contributed by atoms with E-state index in [0.29, 0.717) is 57.2 Å². The van der Waals surface area contributed by atoms with Gasteiger partial charge in [-0.25, -0.2) is 4.98 Å². The molecule has 0 fully saturated rings. The molecule has 3 aromatic rings. The molecule has 0 saturated heterocycles. The maximum Gasteiger partial charge on any atom is 0.234 e. The highest BCUT2D eigenvalue weighted by Crippen LogP contribution is 2.47. The first-order valence-corrected chi connectivity index (χ1v) is 13.4. The van der Waals surface area contributed by atoms with Crippen molar-refractivity contribution in [3.63, 3.8) is 0 Å². The van der Waals surface area contributed by atoms with Crippen molar-refractivity contribution in [2.45, 2.75) is 36.4 Å². The van der Waals surface area contributed by atoms with E-state index >= 15 is 0 Å². The highest BCUT2D eigenvalue weighted by molar-refractivity contribution is 8.01. The lowest BCUT2D eigenvalue weighted by molar-refractivity contribution is -0.116. The minimum Gasteiger partial charge on any atom is -0.465 e. The number of allylic oxidation sites excluding steroid dienone is 3. The van der Waals surface area contributed by atoms with Gasteiger partial charge in [0.25, 0.3) is 0 Å². The third kappa shape index (κ3) is 4.85. The molecule has 0 radical (unpaired) electrons. The van der Waals surface area contributed by atoms with Crippen LogP contribution in [0.3, 0.4) is 0 Å². The van der Waals surface area contributed by atoms with Gasteiger partial charge in [0, 0.05) is 23.9 Å². The summed E-state index contributed by atoms with van der Waals surface area (Å²) in [6.45, 7) is 1.81. The Hall–Kier alpha value is -3.66. The largest absolute Gasteiger partial charge is 0.465 e. The average Bonchev–Trinajstić information content (AvgIpc) is 3.52. The fraction of sp³-hybridized carbons (Fsp3) is 0.250. The molecule has 3 N–H and O–H groups in total. The molecule has 1 amide bonds. The third-order valence-corrected chi connectivity index (χ3v) is 8.25. The van der Waals surface area contributed by atoms with E-state index in [2.05, 4.69) is 26.6 Å². The van der Waals surface area contributed by atoms with Crippen LogP contribution < -0.4 is 16.0 Å². The molecule has 0 aromatic carbocycles. The number of nitrogens with zero attached hydrogens (tertiary/aromatic N) is 5. The second-order valence-corrected chi connectivity index (χ2v) is 10.8. The molecule has 1 unspecified atom stereocenters. The zero-order chi connectivity index (χ0) is 26.1. The van der Waals surface area contributed by atoms with Gasteiger partial charge >= 0.3 is 0 Å². The second-order valence-electron chi connectivity index (χ2n) is 8.29. The number of nitriles is 1. The number of furan rings is 1. The first kappa shape index (κ1) is 25.0. The Morgan fingerprint density at radius 3 is 2.95 bits per heavy atom. The molecule has 13 heteroatoms. The monoisotopic (exact) mass is 553 g/mol. The molecule has 37 heavy (non-hydrogen) atoms. The number of anilines is 2. The second kappa shape index (κ2) is 10.4. The van der Waals surface area contributed by atoms with Crippen LogP contribution in [0.15, 0.2) is 61.9 Å². The molecule has 1 aliphatic carbocycles. The van der Waals surface area contributed by atoms with Crippen molar-refractivity contribution >= 4 is 57.2 Å². The number of aromatic nitrogens is 3. The summed E-state index contributed by atoms with van der Waals surface area (Å²) >= 11 is 8.42. The molecule has 188 valence electrons. The molecule has 4 heterocycles. The van der Waals surface area contributed by atoms with E-state index in [4.69, 9.17) is 21.8 Å². The summed E-state index contributed by atoms with van der Waals surface area (Å²) in [5.41, 5.74) is 8.38. The standard InChI is InChI=1S/C24H20ClN7O3S2/c1-12-7-8-17(35-12)19-13(10-26)22(27)32(15-5-2-6-16(33)20(15)19)23-30-31-24(37-23)36-11-18(34)29-14-4-3-9-28-21(14)25/h3-4,7-9,19H,2,5-6,11,27H2,1H3,(H,29,34). The van der Waals surface area contributed by atoms with E-state index in [9.17, 15) is 14.9 Å². The van der Waals surface area contributed by atoms with Crippen molar-refractivity contribution in [3.05, 3.63) is 69.8 Å². The number of thioether (sulfide) groups is 1. The number of aryl methyl sites for hydroxylation is 1. The van der Waals surface area contributed by atoms with Crippen LogP contribution in [-0.2, 0) is 9.59 Å². The number of rotatable bonds is 6. The van der Waals surface area contributed by atoms with Crippen molar-refractivity contribution < 1.29 is 14.0 Å². The molecule has 10 nitrogen and oxygen atoms in total. The zero-order valence-corrected chi connectivity index (χ0v) is 21.9. The van der Waals surface area contributed by atoms with Crippen LogP contribution in [-0.4, -0.2) is 32.6 Å². The lowest BCUT2D eigenvalue weighted by Crippen LogP contribution is -2.38. The summed E-state index contributed by atoms with van der Waals surface area (Å²) in [7, 11) is 0. The quantitative estimate of drug-likeness (QED) is 0.329. The van der Waals surface area contributed by atoms with Crippen molar-refractivity contribution in [1.82, 2.24) is 15.2 Å². The van der Waals surface area contributed by atoms with E-state index in [1.165, 1.54) is 29.3 Å². The first-order chi connectivity index (χ1) is 17.9. The number of amides is 1. The van der Waals surface area contributed by atoms with Gasteiger partial charge in [-0.1, -0.05) is 34.7 Å². The van der Waals surface area contributed by atoms with Gasteiger partial charge in [-0.2, -0.15) is 5.26 Å². The van der Waals surface area contributed by atoms with Crippen molar-refractivity contribution in [3.8, 4) is 6.07 Å². The van der Waals surface area contributed by atoms with E-state index in [-0.39, 0.29) is 34.0 Å². The topological polar surface area (TPSA) is 151 Å². The van der Waals surface area contributed by atoms with Crippen LogP contribution in [0.2, 0.25) is 5.15 Å². The summed E-state index contributed by atoms with van der Waals surface area (Å²) in [6, 6.07) is 9.10. The Balaban J connectivity index is 1.42. The van der Waals surface area contributed by atoms with Crippen molar-refractivity contribution in [2.75, 3.05) is 16.0 Å². The number of pyridine rings is 1. The fourth-order valence-electron chi connectivity index (χ4n) is 4.34. The molecule has 0 spiro atoms. The number of halogens is 1. The van der Waals surface area contributed by atoms with Gasteiger partial charge in [0.2, 0.25) is 11.0 Å². The molecule has 0 bridgehead atoms. The Kier molecular flexibility index (Phi) is 7.01. The highest BCUT2D eigenvalue weighted by Gasteiger charge is 2.42. The van der Waals surface area contributed by atoms with Crippen molar-refractivity contribution in [2.24, 2.45) is 5.73 Å². The fourth-order valence-corrected chi connectivity index (χ4v) is 6.19. The number of ketones is 1. The van der Waals surface area contributed by atoms with E-state index in [0.717, 1.165) is 0 Å². The van der Waals surface area contributed by atoms with Gasteiger partial charge in [0.05, 0.1) is 29.0 Å². The van der Waals surface area contributed by atoms with Crippen LogP contribution >= 0.6 is 34.7 Å². The summed E-state index contributed by atoms with van der Waals surface area (Å²) in [4.78, 5) is 31.1. The zero-order valence-electron chi connectivity index (χ0n) is 19.5. The molecular formula is C24H20ClN7O3S2. The Bertz CT molecular complexity index is 1500. The van der Waals surface area contributed by atoms with Gasteiger partial charge in [-0.15, -0.1) is 10.2 Å². The van der Waals surface area contributed by atoms with E-state index < -0.39 is 5.92 Å². The van der Waals surface area contributed by atoms with Crippen LogP contribution in [0.4, 0.5) is 10.8 Å². The Labute approximate surface area is 225 Å². The van der Waals surface area contributed by atoms with Gasteiger partial charge in [0.1, 0.15) is 17.3 Å². The molecule has 1 atom stereocenters. The normalized spacial score (nSPS) is 17.6. The Morgan fingerprint density at radius 2 is 2.22 bits per heavy atom. The molecule has 1 aliphatic heterocycles. The number of nitrogens with one attached hydrogen (secondary N) is 1. The van der Waals surface area contributed by atoms with Crippen LogP contribution in [0.5, 0.6) is 0 Å². The molecule has 0 saturated carbocycles. The number of carbonyl (C=O) groups excluding carboxylic acids is 2. The van der Waals surface area contributed by atoms with Crippen LogP contribution in [0.1, 0.15) is 36.7 Å². The predicted octanol–water partition coefficient (Wildman–Crippen LogP) is 4.52. The van der Waals surface area contributed by atoms with Crippen LogP contribution in [0.25, 0.3) is 0 Å². The number of hydrogen-bond donors (Lipinski definition) is 2. The first-order valence-electron chi connectivity index (χ1n) is 11.3. The maximum absolute atomic E-state index is 13.1. The maximum atomic E-state index is 13.1. The van der Waals surface area contributed by atoms with Gasteiger partial charge in [0.15, 0.2) is 15.3 Å². The van der Waals surface area contributed by atoms with Gasteiger partial charge in [-0.3, -0.25) is 14.5 Å². The summed E-state index contributed by atoms with van der Waals surface area (Å²) in [6.07, 6.45) is 3.17. The van der Waals surface area contributed by atoms with Gasteiger partial charge < -0.3 is 15.5 Å². The highest BCUT2D eigenvalue weighted by atomic mass is 35.5. The smallest absolute Gasteiger partial charge is 0.234 e. The predicted molar refractivity (Wildman–Crippen MR) is 140 cm³/mol. The Morgan fingerprint density at radius 1 is 1.38 bits per heavy atom. The molecule has 5 rings (SSSR count). The van der Waals surface area contributed by atoms with Crippen molar-refractivity contribution in [1.29, 1.82) is 5.26 Å². The van der Waals surface area contributed by atoms with E-state index in [1.54, 1.807) is 29.2 Å². The summed E-state index contributed by atoms with van der Waals surface area (Å²) in [5, 5.41) is 21.8. The minimum absolute atomic E-state index is 0.0459. The third-order valence-electron chi connectivity index (χ3n) is 5.91. The molecular weight excluding hydrogens is 534 g/mol. The lowest BCUT2D eigenvalue weighted by Gasteiger charge is -2.37. The summed E-state index contributed by atoms with van der Waals surface area (Å²) in [5.74, 6) is 0.456. The van der Waals surface area contributed by atoms with Gasteiger partial charge in [-0.05, 0) is 44.0 Å². The number of carbonyl (C=O) groups is 2. The SMILES string of the molecule is Cc1ccc(C2C(C#N)=C(N)N(c3nnc(SCC(=O)Nc4cccnc4Cl)s3)C3=C2C(=O)CCC3)o1. The number of hydrogen-bond acceptors (Lipinski definition) is 11. The van der Waals surface area contributed by atoms with E-state index in [1.807, 2.05) is 6.92 Å². The number of Topliss-reactive ketones (excluding diaryl/α,β-unsaturated/α-hetero) is 1. The summed E-state index contributed by atoms with van der Waals surface area (Å²) < 4.78 is 6.36. The average molecular weight is 554 g/mol. The molecule has 3 aromatic heterocycles. The molecule has 2 aliphatic rings. The lowest BCUT2D eigenvalue weighted by atomic mass is 9.78. The van der Waals surface area contributed by atoms with Crippen LogP contribution in [0, 0.1) is 18.3 Å². The number of nitrogens with two attached hydrogens (primary N) is 1. The minimum atomic E-state index is -0.664.